The van der Waals surface area contributed by atoms with Crippen LogP contribution in [0, 0.1) is 0 Å². The number of nitrogens with one attached hydrogen (secondary N) is 1. The number of amides is 3. The molecule has 1 aromatic carbocycles. The number of hydrogen-bond acceptors (Lipinski definition) is 7. The number of aromatic nitrogens is 1. The predicted molar refractivity (Wildman–Crippen MR) is 127 cm³/mol. The summed E-state index contributed by atoms with van der Waals surface area (Å²) < 4.78 is 5.00. The molecule has 4 heterocycles. The summed E-state index contributed by atoms with van der Waals surface area (Å²) in [5.74, 6) is -0.773. The second-order valence-electron chi connectivity index (χ2n) is 8.25. The van der Waals surface area contributed by atoms with Crippen molar-refractivity contribution in [2.75, 3.05) is 20.2 Å². The summed E-state index contributed by atoms with van der Waals surface area (Å²) in [6.45, 7) is 0.952. The number of methoxy groups -OCH3 is 1. The van der Waals surface area contributed by atoms with Crippen LogP contribution < -0.4 is 5.32 Å². The Balaban J connectivity index is 1.36. The van der Waals surface area contributed by atoms with Gasteiger partial charge in [0, 0.05) is 23.8 Å². The summed E-state index contributed by atoms with van der Waals surface area (Å²) >= 11 is 1.21. The number of esters is 1. The van der Waals surface area contributed by atoms with Crippen LogP contribution in [0.4, 0.5) is 4.79 Å². The van der Waals surface area contributed by atoms with Crippen LogP contribution in [0.1, 0.15) is 43.3 Å². The van der Waals surface area contributed by atoms with E-state index in [0.717, 1.165) is 16.7 Å². The Morgan fingerprint density at radius 2 is 1.91 bits per heavy atom. The second-order valence-corrected chi connectivity index (χ2v) is 9.34. The third-order valence-electron chi connectivity index (χ3n) is 6.11. The molecule has 0 spiro atoms. The van der Waals surface area contributed by atoms with Gasteiger partial charge < -0.3 is 15.0 Å². The van der Waals surface area contributed by atoms with Gasteiger partial charge in [0.25, 0.3) is 5.91 Å². The van der Waals surface area contributed by atoms with Gasteiger partial charge in [-0.1, -0.05) is 30.3 Å². The Morgan fingerprint density at radius 3 is 2.66 bits per heavy atom. The van der Waals surface area contributed by atoms with Gasteiger partial charge in [-0.15, -0.1) is 11.3 Å². The summed E-state index contributed by atoms with van der Waals surface area (Å²) in [5, 5.41) is 4.25. The molecule has 0 radical (unpaired) electrons. The Hall–Kier alpha value is -3.76. The summed E-state index contributed by atoms with van der Waals surface area (Å²) in [4.78, 5) is 51.2. The van der Waals surface area contributed by atoms with Crippen LogP contribution in [0.5, 0.6) is 0 Å². The first-order chi connectivity index (χ1) is 17.1. The number of carbonyl (C=O) groups excluding carboxylic acids is 3. The molecule has 35 heavy (non-hydrogen) atoms. The van der Waals surface area contributed by atoms with E-state index in [4.69, 9.17) is 9.57 Å². The number of hydroxylamine groups is 2. The molecular formula is C25H24N4O5S. The van der Waals surface area contributed by atoms with Gasteiger partial charge in [-0.25, -0.2) is 9.59 Å². The smallest absolute Gasteiger partial charge is 0.345 e. The third kappa shape index (κ3) is 4.50. The van der Waals surface area contributed by atoms with Crippen molar-refractivity contribution < 1.29 is 24.0 Å². The lowest BCUT2D eigenvalue weighted by Crippen LogP contribution is -2.38. The fraction of sp³-hybridized carbons (Fsp3) is 0.280. The summed E-state index contributed by atoms with van der Waals surface area (Å²) in [7, 11) is 1.29. The second kappa shape index (κ2) is 9.85. The van der Waals surface area contributed by atoms with E-state index in [1.54, 1.807) is 18.5 Å². The van der Waals surface area contributed by atoms with Crippen LogP contribution in [0.25, 0.3) is 0 Å². The highest BCUT2D eigenvalue weighted by molar-refractivity contribution is 7.14. The average molecular weight is 493 g/mol. The molecule has 3 aromatic rings. The molecule has 10 heteroatoms. The summed E-state index contributed by atoms with van der Waals surface area (Å²) in [5.41, 5.74) is 2.73. The molecule has 1 fully saturated rings. The van der Waals surface area contributed by atoms with Crippen LogP contribution in [0.15, 0.2) is 60.9 Å². The highest BCUT2D eigenvalue weighted by Crippen LogP contribution is 2.48. The molecule has 1 saturated heterocycles. The molecule has 2 atom stereocenters. The van der Waals surface area contributed by atoms with Crippen LogP contribution in [0.3, 0.4) is 0 Å². The molecule has 5 rings (SSSR count). The van der Waals surface area contributed by atoms with Gasteiger partial charge in [0.15, 0.2) is 6.04 Å². The predicted octanol–water partition coefficient (Wildman–Crippen LogP) is 3.25. The zero-order chi connectivity index (χ0) is 24.4. The molecular weight excluding hydrogens is 468 g/mol. The number of nitrogens with zero attached hydrogens (tertiary/aromatic N) is 3. The Morgan fingerprint density at radius 1 is 1.14 bits per heavy atom. The van der Waals surface area contributed by atoms with Crippen molar-refractivity contribution in [3.05, 3.63) is 87.4 Å². The monoisotopic (exact) mass is 492 g/mol. The van der Waals surface area contributed by atoms with Gasteiger partial charge in [-0.05, 0) is 41.3 Å². The Bertz CT molecular complexity index is 1230. The maximum atomic E-state index is 13.1. The number of pyridine rings is 1. The van der Waals surface area contributed by atoms with Gasteiger partial charge in [-0.3, -0.25) is 14.6 Å². The first kappa shape index (κ1) is 23.0. The molecule has 0 aliphatic carbocycles. The van der Waals surface area contributed by atoms with E-state index in [9.17, 15) is 14.4 Å². The van der Waals surface area contributed by atoms with Crippen LogP contribution in [0.2, 0.25) is 0 Å². The minimum absolute atomic E-state index is 0.210. The van der Waals surface area contributed by atoms with E-state index >= 15 is 0 Å². The number of rotatable bonds is 8. The van der Waals surface area contributed by atoms with Crippen molar-refractivity contribution in [3.8, 4) is 0 Å². The summed E-state index contributed by atoms with van der Waals surface area (Å²) in [6.07, 6.45) is 4.11. The zero-order valence-corrected chi connectivity index (χ0v) is 19.9. The van der Waals surface area contributed by atoms with E-state index < -0.39 is 24.1 Å². The number of urea groups is 1. The third-order valence-corrected chi connectivity index (χ3v) is 7.31. The maximum Gasteiger partial charge on any atom is 0.345 e. The standard InChI is InChI=1S/C25H24N4O5S/c1-33-24(31)21-22-18(13-20(35-22)23(30)27-12-9-16-7-10-26-11-8-16)19-14-28(21)25(32)29(19)34-15-17-5-3-2-4-6-17/h2-8,10-11,13,19,21H,9,12,14-15H2,1H3,(H,27,30). The van der Waals surface area contributed by atoms with Crippen LogP contribution in [-0.2, 0) is 27.4 Å². The van der Waals surface area contributed by atoms with Crippen molar-refractivity contribution in [1.82, 2.24) is 20.3 Å². The lowest BCUT2D eigenvalue weighted by molar-refractivity contribution is -0.146. The first-order valence-electron chi connectivity index (χ1n) is 11.2. The number of hydrogen-bond donors (Lipinski definition) is 1. The van der Waals surface area contributed by atoms with Gasteiger partial charge in [-0.2, -0.15) is 5.06 Å². The van der Waals surface area contributed by atoms with Crippen molar-refractivity contribution in [2.45, 2.75) is 25.1 Å². The van der Waals surface area contributed by atoms with Gasteiger partial charge in [0.05, 0.1) is 18.5 Å². The molecule has 1 N–H and O–H groups in total. The first-order valence-corrected chi connectivity index (χ1v) is 12.0. The molecule has 0 saturated carbocycles. The molecule has 2 aromatic heterocycles. The quantitative estimate of drug-likeness (QED) is 0.485. The van der Waals surface area contributed by atoms with E-state index in [0.29, 0.717) is 22.7 Å². The molecule has 180 valence electrons. The normalized spacial score (nSPS) is 18.4. The van der Waals surface area contributed by atoms with Gasteiger partial charge in [0.1, 0.15) is 12.6 Å². The molecule has 2 aliphatic heterocycles. The minimum atomic E-state index is -0.910. The van der Waals surface area contributed by atoms with E-state index in [1.807, 2.05) is 42.5 Å². The lowest BCUT2D eigenvalue weighted by Gasteiger charge is -2.28. The number of thiophene rings is 1. The number of fused-ring (bicyclic) bond motifs is 4. The number of benzene rings is 1. The van der Waals surface area contributed by atoms with E-state index in [1.165, 1.54) is 28.4 Å². The highest BCUT2D eigenvalue weighted by Gasteiger charge is 2.52. The Kier molecular flexibility index (Phi) is 6.47. The van der Waals surface area contributed by atoms with Crippen molar-refractivity contribution in [3.63, 3.8) is 0 Å². The van der Waals surface area contributed by atoms with Crippen molar-refractivity contribution in [2.24, 2.45) is 0 Å². The summed E-state index contributed by atoms with van der Waals surface area (Å²) in [6, 6.07) is 13.4. The minimum Gasteiger partial charge on any atom is -0.467 e. The van der Waals surface area contributed by atoms with Gasteiger partial charge in [0.2, 0.25) is 0 Å². The van der Waals surface area contributed by atoms with Crippen LogP contribution >= 0.6 is 11.3 Å². The molecule has 2 bridgehead atoms. The topological polar surface area (TPSA) is 101 Å². The molecule has 2 aliphatic rings. The van der Waals surface area contributed by atoms with E-state index in [2.05, 4.69) is 10.3 Å². The number of carbonyl (C=O) groups is 3. The number of ether oxygens (including phenoxy) is 1. The fourth-order valence-corrected chi connectivity index (χ4v) is 5.59. The molecule has 2 unspecified atom stereocenters. The van der Waals surface area contributed by atoms with Crippen LogP contribution in [-0.4, -0.2) is 53.1 Å². The average Bonchev–Trinajstić information content (AvgIpc) is 3.45. The maximum absolute atomic E-state index is 13.1. The largest absolute Gasteiger partial charge is 0.467 e. The van der Waals surface area contributed by atoms with Crippen molar-refractivity contribution >= 4 is 29.2 Å². The van der Waals surface area contributed by atoms with E-state index in [-0.39, 0.29) is 19.1 Å². The van der Waals surface area contributed by atoms with Gasteiger partial charge >= 0.3 is 12.0 Å². The molecule has 3 amide bonds. The fourth-order valence-electron chi connectivity index (χ4n) is 4.35. The molecule has 9 nitrogen and oxygen atoms in total. The van der Waals surface area contributed by atoms with Crippen molar-refractivity contribution in [1.29, 1.82) is 0 Å². The Labute approximate surface area is 206 Å². The highest BCUT2D eigenvalue weighted by atomic mass is 32.1. The SMILES string of the molecule is COC(=O)C1c2sc(C(=O)NCCc3ccncc3)cc2C2CN1C(=O)N2OCc1ccccc1. The zero-order valence-electron chi connectivity index (χ0n) is 19.0. The lowest BCUT2D eigenvalue weighted by atomic mass is 9.99.